The van der Waals surface area contributed by atoms with Crippen LogP contribution in [0, 0.1) is 0 Å². The molecule has 0 amide bonds. The smallest absolute Gasteiger partial charge is 0.348 e. The van der Waals surface area contributed by atoms with Gasteiger partial charge >= 0.3 is 29.8 Å². The zero-order valence-corrected chi connectivity index (χ0v) is 19.1. The van der Waals surface area contributed by atoms with Gasteiger partial charge in [-0.3, -0.25) is 19.2 Å². The van der Waals surface area contributed by atoms with Crippen LogP contribution in [0.3, 0.4) is 0 Å². The van der Waals surface area contributed by atoms with Gasteiger partial charge in [-0.2, -0.15) is 0 Å². The maximum Gasteiger partial charge on any atom is 0.348 e. The van der Waals surface area contributed by atoms with E-state index in [1.54, 1.807) is 6.92 Å². The number of carbonyl (C=O) groups is 5. The van der Waals surface area contributed by atoms with Crippen molar-refractivity contribution in [1.82, 2.24) is 0 Å². The molecule has 1 saturated heterocycles. The Bertz CT molecular complexity index is 694. The van der Waals surface area contributed by atoms with Gasteiger partial charge in [0.1, 0.15) is 18.8 Å². The quantitative estimate of drug-likeness (QED) is 0.351. The fourth-order valence-electron chi connectivity index (χ4n) is 3.15. The highest BCUT2D eigenvalue weighted by Gasteiger charge is 2.58. The van der Waals surface area contributed by atoms with Crippen LogP contribution in [0.2, 0.25) is 0 Å². The minimum atomic E-state index is -1.65. The molecular weight excluding hydrogens is 436 g/mol. The number of rotatable bonds is 9. The maximum absolute atomic E-state index is 12.7. The second kappa shape index (κ2) is 11.9. The van der Waals surface area contributed by atoms with Gasteiger partial charge in [-0.15, -0.1) is 11.8 Å². The number of methoxy groups -OCH3 is 1. The number of carbonyl (C=O) groups excluding carboxylic acids is 5. The lowest BCUT2D eigenvalue weighted by Gasteiger charge is -2.46. The van der Waals surface area contributed by atoms with Crippen molar-refractivity contribution < 1.29 is 52.4 Å². The summed E-state index contributed by atoms with van der Waals surface area (Å²) in [5.74, 6) is -3.16. The van der Waals surface area contributed by atoms with Crippen LogP contribution in [0.5, 0.6) is 0 Å². The van der Waals surface area contributed by atoms with Gasteiger partial charge in [-0.25, -0.2) is 4.79 Å². The predicted molar refractivity (Wildman–Crippen MR) is 106 cm³/mol. The van der Waals surface area contributed by atoms with Crippen molar-refractivity contribution in [2.75, 3.05) is 19.5 Å². The van der Waals surface area contributed by atoms with Gasteiger partial charge < -0.3 is 28.4 Å². The van der Waals surface area contributed by atoms with Crippen molar-refractivity contribution in [2.45, 2.75) is 70.4 Å². The summed E-state index contributed by atoms with van der Waals surface area (Å²) < 4.78 is 31.9. The monoisotopic (exact) mass is 464 g/mol. The molecule has 11 nitrogen and oxygen atoms in total. The number of ether oxygens (including phenoxy) is 6. The molecule has 0 radical (unpaired) electrons. The summed E-state index contributed by atoms with van der Waals surface area (Å²) in [4.78, 5) is 57.6. The highest BCUT2D eigenvalue weighted by Crippen LogP contribution is 2.43. The molecule has 0 aromatic heterocycles. The van der Waals surface area contributed by atoms with Gasteiger partial charge in [0, 0.05) is 34.1 Å². The van der Waals surface area contributed by atoms with Gasteiger partial charge in [0.2, 0.25) is 4.93 Å². The molecule has 0 aromatic rings. The third-order valence-corrected chi connectivity index (χ3v) is 5.30. The minimum Gasteiger partial charge on any atom is -0.466 e. The van der Waals surface area contributed by atoms with E-state index < -0.39 is 65.8 Å². The largest absolute Gasteiger partial charge is 0.466 e. The second-order valence-corrected chi connectivity index (χ2v) is 8.16. The molecule has 1 aliphatic rings. The second-order valence-electron chi connectivity index (χ2n) is 6.64. The van der Waals surface area contributed by atoms with E-state index in [9.17, 15) is 24.0 Å². The zero-order valence-electron chi connectivity index (χ0n) is 18.3. The Kier molecular flexibility index (Phi) is 10.2. The Hall–Kier alpha value is -2.34. The van der Waals surface area contributed by atoms with E-state index >= 15 is 0 Å². The molecular formula is C19H28O11S. The highest BCUT2D eigenvalue weighted by molar-refractivity contribution is 8.01. The van der Waals surface area contributed by atoms with Gasteiger partial charge in [0.05, 0.1) is 7.11 Å². The Balaban J connectivity index is 3.53. The molecule has 0 spiro atoms. The van der Waals surface area contributed by atoms with Crippen molar-refractivity contribution in [3.8, 4) is 0 Å². The first-order valence-corrected chi connectivity index (χ1v) is 10.5. The summed E-state index contributed by atoms with van der Waals surface area (Å²) in [5, 5.41) is 0. The molecule has 0 N–H and O–H groups in total. The van der Waals surface area contributed by atoms with E-state index in [1.807, 2.05) is 0 Å². The lowest BCUT2D eigenvalue weighted by molar-refractivity contribution is -0.241. The van der Waals surface area contributed by atoms with Crippen LogP contribution in [-0.4, -0.2) is 78.7 Å². The molecule has 1 heterocycles. The average molecular weight is 464 g/mol. The molecule has 1 unspecified atom stereocenters. The van der Waals surface area contributed by atoms with Crippen LogP contribution in [0.15, 0.2) is 0 Å². The summed E-state index contributed by atoms with van der Waals surface area (Å²) in [5.41, 5.74) is 0. The molecule has 1 aliphatic heterocycles. The van der Waals surface area contributed by atoms with Crippen LogP contribution in [0.25, 0.3) is 0 Å². The molecule has 31 heavy (non-hydrogen) atoms. The van der Waals surface area contributed by atoms with E-state index in [0.29, 0.717) is 5.75 Å². The average Bonchev–Trinajstić information content (AvgIpc) is 2.65. The van der Waals surface area contributed by atoms with Gasteiger partial charge in [0.25, 0.3) is 0 Å². The molecule has 0 aliphatic carbocycles. The molecule has 5 atom stereocenters. The van der Waals surface area contributed by atoms with Crippen molar-refractivity contribution in [3.05, 3.63) is 0 Å². The number of thioether (sulfide) groups is 1. The predicted octanol–water partition coefficient (Wildman–Crippen LogP) is 0.756. The van der Waals surface area contributed by atoms with Gasteiger partial charge in [-0.1, -0.05) is 6.92 Å². The first-order valence-electron chi connectivity index (χ1n) is 9.51. The molecule has 1 fully saturated rings. The van der Waals surface area contributed by atoms with Crippen molar-refractivity contribution in [2.24, 2.45) is 0 Å². The number of hydrogen-bond acceptors (Lipinski definition) is 12. The summed E-state index contributed by atoms with van der Waals surface area (Å²) in [6.07, 6.45) is -5.16. The topological polar surface area (TPSA) is 141 Å². The Morgan fingerprint density at radius 2 is 1.61 bits per heavy atom. The summed E-state index contributed by atoms with van der Waals surface area (Å²) >= 11 is 1.07. The fourth-order valence-corrected chi connectivity index (χ4v) is 4.28. The lowest BCUT2D eigenvalue weighted by atomic mass is 9.93. The fraction of sp³-hybridized carbons (Fsp3) is 0.737. The standard InChI is InChI=1S/C19H28O11S/c1-7-31-19(18(24)25-6)8-14(27-11(3)21)16(29-13(5)23)17(30-19)15(28-12(4)22)9-26-10(2)20/h14-17H,7-9H2,1-6H3/t14-,15-,16-,17-,19?/m1/s1. The van der Waals surface area contributed by atoms with Gasteiger partial charge in [-0.05, 0) is 5.75 Å². The van der Waals surface area contributed by atoms with Crippen LogP contribution >= 0.6 is 11.8 Å². The third kappa shape index (κ3) is 7.69. The van der Waals surface area contributed by atoms with Crippen LogP contribution in [0.1, 0.15) is 41.0 Å². The van der Waals surface area contributed by atoms with E-state index in [2.05, 4.69) is 0 Å². The zero-order chi connectivity index (χ0) is 23.8. The Morgan fingerprint density at radius 3 is 2.06 bits per heavy atom. The highest BCUT2D eigenvalue weighted by atomic mass is 32.2. The van der Waals surface area contributed by atoms with E-state index in [4.69, 9.17) is 28.4 Å². The molecule has 1 rings (SSSR count). The summed E-state index contributed by atoms with van der Waals surface area (Å²) in [6.45, 7) is 5.90. The Labute approximate surface area is 184 Å². The van der Waals surface area contributed by atoms with Crippen LogP contribution in [0.4, 0.5) is 0 Å². The first-order chi connectivity index (χ1) is 14.5. The normalized spacial score (nSPS) is 26.2. The van der Waals surface area contributed by atoms with E-state index in [0.717, 1.165) is 39.5 Å². The minimum absolute atomic E-state index is 0.188. The molecule has 0 bridgehead atoms. The molecule has 0 saturated carbocycles. The SMILES string of the molecule is CCSC1(C(=O)OC)C[C@@H](OC(C)=O)[C@@H](OC(C)=O)[C@@H]([C@@H](COC(C)=O)OC(C)=O)O1. The van der Waals surface area contributed by atoms with Crippen molar-refractivity contribution in [1.29, 1.82) is 0 Å². The van der Waals surface area contributed by atoms with E-state index in [1.165, 1.54) is 7.11 Å². The molecule has 0 aromatic carbocycles. The first kappa shape index (κ1) is 26.7. The number of hydrogen-bond donors (Lipinski definition) is 0. The van der Waals surface area contributed by atoms with Crippen LogP contribution < -0.4 is 0 Å². The van der Waals surface area contributed by atoms with Crippen molar-refractivity contribution in [3.63, 3.8) is 0 Å². The number of esters is 5. The third-order valence-electron chi connectivity index (χ3n) is 4.11. The molecule has 176 valence electrons. The molecule has 12 heteroatoms. The summed E-state index contributed by atoms with van der Waals surface area (Å²) in [6, 6.07) is 0. The van der Waals surface area contributed by atoms with Crippen LogP contribution in [-0.2, 0) is 52.4 Å². The van der Waals surface area contributed by atoms with E-state index in [-0.39, 0.29) is 6.42 Å². The maximum atomic E-state index is 12.7. The Morgan fingerprint density at radius 1 is 1.00 bits per heavy atom. The van der Waals surface area contributed by atoms with Gasteiger partial charge in [0.15, 0.2) is 12.2 Å². The lowest BCUT2D eigenvalue weighted by Crippen LogP contribution is -2.63. The van der Waals surface area contributed by atoms with Crippen molar-refractivity contribution >= 4 is 41.6 Å². The summed E-state index contributed by atoms with van der Waals surface area (Å²) in [7, 11) is 1.17.